The maximum Gasteiger partial charge on any atom is 0.267 e. The van der Waals surface area contributed by atoms with E-state index in [-0.39, 0.29) is 22.5 Å². The Morgan fingerprint density at radius 3 is 2.61 bits per heavy atom. The topological polar surface area (TPSA) is 85.5 Å². The average molecular weight is 425 g/mol. The lowest BCUT2D eigenvalue weighted by Crippen LogP contribution is -2.34. The van der Waals surface area contributed by atoms with Gasteiger partial charge in [0.25, 0.3) is 5.91 Å². The van der Waals surface area contributed by atoms with Gasteiger partial charge in [0.1, 0.15) is 10.6 Å². The first-order chi connectivity index (χ1) is 13.3. The zero-order valence-corrected chi connectivity index (χ0v) is 17.6. The summed E-state index contributed by atoms with van der Waals surface area (Å²) >= 11 is 6.29. The molecule has 28 heavy (non-hydrogen) atoms. The van der Waals surface area contributed by atoms with Crippen molar-refractivity contribution in [1.29, 1.82) is 0 Å². The normalized spacial score (nSPS) is 16.4. The Labute approximate surface area is 170 Å². The molecule has 0 spiro atoms. The third-order valence-electron chi connectivity index (χ3n) is 4.95. The predicted molar refractivity (Wildman–Crippen MR) is 109 cm³/mol. The summed E-state index contributed by atoms with van der Waals surface area (Å²) in [4.78, 5) is 17.4. The highest BCUT2D eigenvalue weighted by atomic mass is 35.5. The molecule has 0 radical (unpaired) electrons. The number of carbonyl (C=O) groups excluding carboxylic acids is 1. The number of rotatable bonds is 7. The number of hydrogen-bond acceptors (Lipinski definition) is 4. The molecule has 3 rings (SSSR count). The number of likely N-dealkylation sites (N-methyl/N-ethyl adjacent to an activating group) is 1. The van der Waals surface area contributed by atoms with Gasteiger partial charge >= 0.3 is 0 Å². The molecule has 1 fully saturated rings. The second-order valence-corrected chi connectivity index (χ2v) is 9.42. The van der Waals surface area contributed by atoms with Crippen LogP contribution >= 0.6 is 11.6 Å². The summed E-state index contributed by atoms with van der Waals surface area (Å²) in [5.74, 6) is -0.359. The van der Waals surface area contributed by atoms with Crippen molar-refractivity contribution in [3.05, 3.63) is 52.8 Å². The van der Waals surface area contributed by atoms with Crippen molar-refractivity contribution in [3.8, 4) is 0 Å². The van der Waals surface area contributed by atoms with Gasteiger partial charge in [0, 0.05) is 30.9 Å². The minimum Gasteiger partial charge on any atom is -0.356 e. The highest BCUT2D eigenvalue weighted by Gasteiger charge is 2.28. The summed E-state index contributed by atoms with van der Waals surface area (Å²) in [5.41, 5.74) is 1.13. The highest BCUT2D eigenvalue weighted by molar-refractivity contribution is 7.89. The lowest BCUT2D eigenvalue weighted by molar-refractivity contribution is 0.0937. The SMILES string of the molecule is CN(C)C(CNC(=O)c1cc(S(=O)(=O)N2CCCC2)c[nH]1)c1ccccc1Cl. The molecule has 1 atom stereocenters. The largest absolute Gasteiger partial charge is 0.356 e. The van der Waals surface area contributed by atoms with Gasteiger partial charge in [0.05, 0.1) is 6.04 Å². The van der Waals surface area contributed by atoms with Gasteiger partial charge in [-0.15, -0.1) is 0 Å². The first-order valence-corrected chi connectivity index (χ1v) is 11.0. The molecule has 2 aromatic rings. The van der Waals surface area contributed by atoms with E-state index in [0.29, 0.717) is 24.7 Å². The van der Waals surface area contributed by atoms with Crippen LogP contribution in [0.3, 0.4) is 0 Å². The molecule has 2 heterocycles. The van der Waals surface area contributed by atoms with E-state index < -0.39 is 10.0 Å². The maximum absolute atomic E-state index is 12.6. The van der Waals surface area contributed by atoms with E-state index in [1.165, 1.54) is 16.6 Å². The zero-order chi connectivity index (χ0) is 20.3. The minimum atomic E-state index is -3.55. The zero-order valence-electron chi connectivity index (χ0n) is 16.0. The summed E-state index contributed by atoms with van der Waals surface area (Å²) in [5, 5.41) is 3.50. The van der Waals surface area contributed by atoms with Crippen LogP contribution in [0.4, 0.5) is 0 Å². The number of aromatic nitrogens is 1. The Hall–Kier alpha value is -1.87. The molecule has 1 aromatic heterocycles. The van der Waals surface area contributed by atoms with E-state index in [0.717, 1.165) is 18.4 Å². The van der Waals surface area contributed by atoms with Crippen LogP contribution < -0.4 is 5.32 Å². The third kappa shape index (κ3) is 4.41. The van der Waals surface area contributed by atoms with Crippen molar-refractivity contribution < 1.29 is 13.2 Å². The molecule has 0 saturated carbocycles. The predicted octanol–water partition coefficient (Wildman–Crippen LogP) is 2.49. The molecule has 1 aliphatic heterocycles. The van der Waals surface area contributed by atoms with Crippen LogP contribution in [0.15, 0.2) is 41.4 Å². The van der Waals surface area contributed by atoms with Gasteiger partial charge < -0.3 is 15.2 Å². The van der Waals surface area contributed by atoms with E-state index in [9.17, 15) is 13.2 Å². The summed E-state index contributed by atoms with van der Waals surface area (Å²) in [6.07, 6.45) is 3.11. The van der Waals surface area contributed by atoms with Gasteiger partial charge in [-0.3, -0.25) is 4.79 Å². The van der Waals surface area contributed by atoms with E-state index >= 15 is 0 Å². The fourth-order valence-electron chi connectivity index (χ4n) is 3.33. The standard InChI is InChI=1S/C19H25ClN4O3S/c1-23(2)18(15-7-3-4-8-16(15)20)13-22-19(25)17-11-14(12-21-17)28(26,27)24-9-5-6-10-24/h3-4,7-8,11-12,18,21H,5-6,9-10,13H2,1-2H3,(H,22,25). The van der Waals surface area contributed by atoms with Crippen LogP contribution in [0.25, 0.3) is 0 Å². The van der Waals surface area contributed by atoms with E-state index in [2.05, 4.69) is 10.3 Å². The van der Waals surface area contributed by atoms with Crippen molar-refractivity contribution in [2.24, 2.45) is 0 Å². The number of halogens is 1. The fourth-order valence-corrected chi connectivity index (χ4v) is 5.11. The van der Waals surface area contributed by atoms with E-state index in [1.807, 2.05) is 43.3 Å². The number of benzene rings is 1. The van der Waals surface area contributed by atoms with Crippen LogP contribution in [0.2, 0.25) is 5.02 Å². The summed E-state index contributed by atoms with van der Waals surface area (Å²) in [6.45, 7) is 1.39. The summed E-state index contributed by atoms with van der Waals surface area (Å²) < 4.78 is 26.7. The molecule has 1 aliphatic rings. The number of hydrogen-bond donors (Lipinski definition) is 2. The minimum absolute atomic E-state index is 0.111. The molecular formula is C19H25ClN4O3S. The van der Waals surface area contributed by atoms with Crippen molar-refractivity contribution >= 4 is 27.5 Å². The van der Waals surface area contributed by atoms with Crippen molar-refractivity contribution in [2.75, 3.05) is 33.7 Å². The van der Waals surface area contributed by atoms with Crippen LogP contribution in [0.1, 0.15) is 34.9 Å². The van der Waals surface area contributed by atoms with Crippen LogP contribution in [-0.2, 0) is 10.0 Å². The van der Waals surface area contributed by atoms with Gasteiger partial charge in [0.2, 0.25) is 10.0 Å². The Morgan fingerprint density at radius 1 is 1.29 bits per heavy atom. The lowest BCUT2D eigenvalue weighted by atomic mass is 10.1. The number of nitrogens with zero attached hydrogens (tertiary/aromatic N) is 2. The number of carbonyl (C=O) groups is 1. The summed E-state index contributed by atoms with van der Waals surface area (Å²) in [6, 6.07) is 8.78. The third-order valence-corrected chi connectivity index (χ3v) is 7.17. The fraction of sp³-hybridized carbons (Fsp3) is 0.421. The van der Waals surface area contributed by atoms with Gasteiger partial charge in [-0.2, -0.15) is 4.31 Å². The van der Waals surface area contributed by atoms with Crippen molar-refractivity contribution in [2.45, 2.75) is 23.8 Å². The van der Waals surface area contributed by atoms with Gasteiger partial charge in [-0.1, -0.05) is 29.8 Å². The van der Waals surface area contributed by atoms with Crippen molar-refractivity contribution in [1.82, 2.24) is 19.5 Å². The number of amides is 1. The van der Waals surface area contributed by atoms with Crippen LogP contribution in [0, 0.1) is 0 Å². The van der Waals surface area contributed by atoms with Crippen molar-refractivity contribution in [3.63, 3.8) is 0 Å². The molecule has 7 nitrogen and oxygen atoms in total. The Balaban J connectivity index is 1.69. The molecule has 1 saturated heterocycles. The molecule has 1 unspecified atom stereocenters. The van der Waals surface area contributed by atoms with Crippen LogP contribution in [0.5, 0.6) is 0 Å². The number of nitrogens with one attached hydrogen (secondary N) is 2. The second-order valence-electron chi connectivity index (χ2n) is 7.07. The van der Waals surface area contributed by atoms with Gasteiger partial charge in [-0.25, -0.2) is 8.42 Å². The number of H-pyrrole nitrogens is 1. The quantitative estimate of drug-likeness (QED) is 0.715. The molecule has 152 valence electrons. The summed E-state index contributed by atoms with van der Waals surface area (Å²) in [7, 11) is 0.276. The lowest BCUT2D eigenvalue weighted by Gasteiger charge is -2.25. The van der Waals surface area contributed by atoms with E-state index in [4.69, 9.17) is 11.6 Å². The Bertz CT molecular complexity index is 936. The second kappa shape index (κ2) is 8.65. The first-order valence-electron chi connectivity index (χ1n) is 9.18. The Kier molecular flexibility index (Phi) is 6.44. The number of aromatic amines is 1. The monoisotopic (exact) mass is 424 g/mol. The smallest absolute Gasteiger partial charge is 0.267 e. The average Bonchev–Trinajstić information content (AvgIpc) is 3.35. The molecule has 1 aromatic carbocycles. The number of sulfonamides is 1. The molecule has 1 amide bonds. The molecule has 0 bridgehead atoms. The Morgan fingerprint density at radius 2 is 1.96 bits per heavy atom. The molecular weight excluding hydrogens is 400 g/mol. The van der Waals surface area contributed by atoms with Crippen LogP contribution in [-0.4, -0.2) is 62.2 Å². The molecule has 0 aliphatic carbocycles. The van der Waals surface area contributed by atoms with E-state index in [1.54, 1.807) is 0 Å². The first kappa shape index (κ1) is 20.9. The molecule has 2 N–H and O–H groups in total. The maximum atomic E-state index is 12.6. The molecule has 9 heteroatoms. The van der Waals surface area contributed by atoms with Gasteiger partial charge in [-0.05, 0) is 44.6 Å². The van der Waals surface area contributed by atoms with Gasteiger partial charge in [0.15, 0.2) is 0 Å². The highest BCUT2D eigenvalue weighted by Crippen LogP contribution is 2.26.